The van der Waals surface area contributed by atoms with Gasteiger partial charge in [-0.1, -0.05) is 0 Å². The molecule has 1 heterocycles. The molecule has 14 heavy (non-hydrogen) atoms. The molecule has 0 N–H and O–H groups in total. The number of hydrogen-bond acceptors (Lipinski definition) is 2. The van der Waals surface area contributed by atoms with Crippen LogP contribution >= 0.6 is 0 Å². The van der Waals surface area contributed by atoms with Crippen molar-refractivity contribution in [3.63, 3.8) is 0 Å². The number of ether oxygens (including phenoxy) is 1. The molecule has 1 aliphatic heterocycles. The molecule has 0 saturated heterocycles. The fraction of sp³-hybridized carbons (Fsp3) is 0.364. The Hall–Kier alpha value is -0.791. The third-order valence-electron chi connectivity index (χ3n) is 2.13. The van der Waals surface area contributed by atoms with Crippen LogP contribution in [0.15, 0.2) is 29.3 Å². The van der Waals surface area contributed by atoms with Crippen LogP contribution in [0.25, 0.3) is 0 Å². The van der Waals surface area contributed by atoms with Gasteiger partial charge in [0.15, 0.2) is 0 Å². The number of nitrogens with zero attached hydrogens (tertiary/aromatic N) is 1. The second kappa shape index (κ2) is 4.63. The fourth-order valence-corrected chi connectivity index (χ4v) is 2.68. The maximum absolute atomic E-state index is 5.57. The van der Waals surface area contributed by atoms with E-state index in [-0.39, 0.29) is 0 Å². The first-order valence-electron chi connectivity index (χ1n) is 4.72. The molecule has 0 saturated carbocycles. The van der Waals surface area contributed by atoms with Gasteiger partial charge in [0.05, 0.1) is 0 Å². The molecule has 1 aromatic carbocycles. The Morgan fingerprint density at radius 1 is 1.36 bits per heavy atom. The van der Waals surface area contributed by atoms with Crippen molar-refractivity contribution < 1.29 is 4.74 Å². The van der Waals surface area contributed by atoms with E-state index in [0.29, 0.717) is 15.0 Å². The van der Waals surface area contributed by atoms with Crippen LogP contribution < -0.4 is 4.46 Å². The molecule has 2 rings (SSSR count). The second-order valence-corrected chi connectivity index (χ2v) is 4.87. The van der Waals surface area contributed by atoms with Gasteiger partial charge in [-0.2, -0.15) is 0 Å². The van der Waals surface area contributed by atoms with Gasteiger partial charge in [0.25, 0.3) is 0 Å². The molecule has 0 unspecified atom stereocenters. The molecular weight excluding hydrogens is 241 g/mol. The number of rotatable bonds is 2. The number of aliphatic imine (C=N–C) groups is 1. The van der Waals surface area contributed by atoms with Gasteiger partial charge in [0.2, 0.25) is 0 Å². The molecule has 0 fully saturated rings. The summed E-state index contributed by atoms with van der Waals surface area (Å²) in [6.07, 6.45) is 1.04. The van der Waals surface area contributed by atoms with E-state index in [2.05, 4.69) is 29.0 Å². The van der Waals surface area contributed by atoms with Gasteiger partial charge in [0, 0.05) is 0 Å². The summed E-state index contributed by atoms with van der Waals surface area (Å²) in [5.74, 6) is 3.06. The van der Waals surface area contributed by atoms with Crippen molar-refractivity contribution in [2.75, 3.05) is 13.2 Å². The summed E-state index contributed by atoms with van der Waals surface area (Å²) in [5, 5.41) is 0. The minimum absolute atomic E-state index is 0.500. The van der Waals surface area contributed by atoms with E-state index in [9.17, 15) is 0 Å². The summed E-state index contributed by atoms with van der Waals surface area (Å²) in [6.45, 7) is 1.71. The van der Waals surface area contributed by atoms with Gasteiger partial charge < -0.3 is 0 Å². The van der Waals surface area contributed by atoms with Crippen molar-refractivity contribution in [1.29, 1.82) is 0 Å². The monoisotopic (exact) mass is 255 g/mol. The number of hydrogen-bond donors (Lipinski definition) is 0. The Morgan fingerprint density at radius 3 is 2.93 bits per heavy atom. The van der Waals surface area contributed by atoms with Crippen molar-refractivity contribution >= 4 is 25.3 Å². The van der Waals surface area contributed by atoms with E-state index in [1.165, 1.54) is 10.0 Å². The summed E-state index contributed by atoms with van der Waals surface area (Å²) in [6, 6.07) is 8.39. The van der Waals surface area contributed by atoms with E-state index in [1.807, 2.05) is 6.07 Å². The van der Waals surface area contributed by atoms with Crippen molar-refractivity contribution in [3.05, 3.63) is 29.8 Å². The Bertz CT molecular complexity index is 349. The maximum atomic E-state index is 5.57. The van der Waals surface area contributed by atoms with Crippen molar-refractivity contribution in [3.8, 4) is 0 Å². The third-order valence-corrected chi connectivity index (χ3v) is 3.80. The molecule has 0 bridgehead atoms. The van der Waals surface area contributed by atoms with Crippen molar-refractivity contribution in [2.24, 2.45) is 4.99 Å². The molecule has 2 nitrogen and oxygen atoms in total. The first-order valence-corrected chi connectivity index (χ1v) is 7.29. The van der Waals surface area contributed by atoms with Gasteiger partial charge in [-0.05, 0) is 0 Å². The predicted molar refractivity (Wildman–Crippen MR) is 59.7 cm³/mol. The molecule has 74 valence electrons. The van der Waals surface area contributed by atoms with Crippen LogP contribution in [-0.2, 0) is 4.74 Å². The van der Waals surface area contributed by atoms with Gasteiger partial charge >= 0.3 is 90.3 Å². The summed E-state index contributed by atoms with van der Waals surface area (Å²) >= 11 is 0.500. The van der Waals surface area contributed by atoms with E-state index in [1.54, 1.807) is 0 Å². The molecule has 0 atom stereocenters. The molecular formula is C11H13NOSe. The summed E-state index contributed by atoms with van der Waals surface area (Å²) < 4.78 is 6.94. The average Bonchev–Trinajstić information content (AvgIpc) is 2.30. The molecule has 0 spiro atoms. The van der Waals surface area contributed by atoms with E-state index < -0.39 is 0 Å². The first-order chi connectivity index (χ1) is 6.92. The Morgan fingerprint density at radius 2 is 2.21 bits per heavy atom. The van der Waals surface area contributed by atoms with Crippen LogP contribution in [0.3, 0.4) is 0 Å². The third kappa shape index (κ3) is 1.99. The Labute approximate surface area is 90.5 Å². The SMILES string of the molecule is C[Se]c1ccccc1C1=NCCCO1. The zero-order chi connectivity index (χ0) is 9.80. The van der Waals surface area contributed by atoms with Gasteiger partial charge in [0.1, 0.15) is 0 Å². The Balaban J connectivity index is 2.34. The van der Waals surface area contributed by atoms with Gasteiger partial charge in [-0.15, -0.1) is 0 Å². The minimum atomic E-state index is 0.500. The number of benzene rings is 1. The normalized spacial score (nSPS) is 15.9. The van der Waals surface area contributed by atoms with Crippen LogP contribution in [0.5, 0.6) is 0 Å². The molecule has 0 aliphatic carbocycles. The summed E-state index contributed by atoms with van der Waals surface area (Å²) in [4.78, 5) is 4.41. The van der Waals surface area contributed by atoms with Crippen LogP contribution in [-0.4, -0.2) is 34.0 Å². The van der Waals surface area contributed by atoms with Crippen molar-refractivity contribution in [2.45, 2.75) is 12.2 Å². The molecule has 1 aliphatic rings. The summed E-state index contributed by atoms with van der Waals surface area (Å²) in [7, 11) is 0. The molecule has 1 aromatic rings. The predicted octanol–water partition coefficient (Wildman–Crippen LogP) is 1.23. The zero-order valence-electron chi connectivity index (χ0n) is 8.19. The Kier molecular flexibility index (Phi) is 3.22. The fourth-order valence-electron chi connectivity index (χ4n) is 1.44. The van der Waals surface area contributed by atoms with Crippen LogP contribution in [0.4, 0.5) is 0 Å². The standard InChI is InChI=1S/C11H13NOSe/c1-14-10-6-3-2-5-9(10)11-12-7-4-8-13-11/h2-3,5-6H,4,7-8H2,1H3. The van der Waals surface area contributed by atoms with E-state index in [0.717, 1.165) is 25.5 Å². The molecule has 0 amide bonds. The molecule has 0 aromatic heterocycles. The average molecular weight is 254 g/mol. The van der Waals surface area contributed by atoms with E-state index >= 15 is 0 Å². The van der Waals surface area contributed by atoms with Gasteiger partial charge in [-0.3, -0.25) is 0 Å². The van der Waals surface area contributed by atoms with Crippen LogP contribution in [0.1, 0.15) is 12.0 Å². The van der Waals surface area contributed by atoms with Crippen LogP contribution in [0.2, 0.25) is 5.82 Å². The van der Waals surface area contributed by atoms with Crippen molar-refractivity contribution in [1.82, 2.24) is 0 Å². The topological polar surface area (TPSA) is 21.6 Å². The van der Waals surface area contributed by atoms with E-state index in [4.69, 9.17) is 4.74 Å². The summed E-state index contributed by atoms with van der Waals surface area (Å²) in [5.41, 5.74) is 1.19. The molecule has 0 radical (unpaired) electrons. The zero-order valence-corrected chi connectivity index (χ0v) is 9.91. The first kappa shape index (κ1) is 9.75. The second-order valence-electron chi connectivity index (χ2n) is 3.09. The van der Waals surface area contributed by atoms with Crippen LogP contribution in [0, 0.1) is 0 Å². The quantitative estimate of drug-likeness (QED) is 0.727. The van der Waals surface area contributed by atoms with Gasteiger partial charge in [-0.25, -0.2) is 0 Å². The molecule has 3 heteroatoms.